The zero-order chi connectivity index (χ0) is 13.9. The van der Waals surface area contributed by atoms with E-state index in [0.29, 0.717) is 24.2 Å². The van der Waals surface area contributed by atoms with Gasteiger partial charge in [0.15, 0.2) is 5.82 Å². The largest absolute Gasteiger partial charge is 0.381 e. The first-order chi connectivity index (χ1) is 8.95. The van der Waals surface area contributed by atoms with Gasteiger partial charge in [0.25, 0.3) is 0 Å². The molecule has 0 bridgehead atoms. The predicted molar refractivity (Wildman–Crippen MR) is 71.4 cm³/mol. The summed E-state index contributed by atoms with van der Waals surface area (Å²) in [5.74, 6) is 1.89. The van der Waals surface area contributed by atoms with E-state index in [1.807, 2.05) is 13.8 Å². The van der Waals surface area contributed by atoms with E-state index in [4.69, 9.17) is 15.0 Å². The van der Waals surface area contributed by atoms with Crippen molar-refractivity contribution in [2.75, 3.05) is 26.8 Å². The second-order valence-corrected chi connectivity index (χ2v) is 5.99. The lowest BCUT2D eigenvalue weighted by molar-refractivity contribution is 0.0538. The SMILES string of the molecule is CN(Cc1nc(C(C)(C)N)no1)CC1CCOCC1. The molecule has 1 fully saturated rings. The maximum atomic E-state index is 5.94. The molecular formula is C13H24N4O2. The van der Waals surface area contributed by atoms with Gasteiger partial charge in [-0.2, -0.15) is 4.98 Å². The first kappa shape index (κ1) is 14.4. The van der Waals surface area contributed by atoms with Gasteiger partial charge in [-0.15, -0.1) is 0 Å². The molecule has 0 aromatic carbocycles. The molecule has 0 amide bonds. The van der Waals surface area contributed by atoms with Crippen LogP contribution < -0.4 is 5.73 Å². The van der Waals surface area contributed by atoms with Crippen LogP contribution in [0.4, 0.5) is 0 Å². The summed E-state index contributed by atoms with van der Waals surface area (Å²) < 4.78 is 10.6. The summed E-state index contributed by atoms with van der Waals surface area (Å²) in [5.41, 5.74) is 5.38. The summed E-state index contributed by atoms with van der Waals surface area (Å²) in [6, 6.07) is 0. The van der Waals surface area contributed by atoms with Crippen LogP contribution in [-0.4, -0.2) is 41.8 Å². The van der Waals surface area contributed by atoms with E-state index in [2.05, 4.69) is 22.1 Å². The van der Waals surface area contributed by atoms with Crippen molar-refractivity contribution in [3.63, 3.8) is 0 Å². The molecule has 0 radical (unpaired) electrons. The van der Waals surface area contributed by atoms with Crippen LogP contribution in [0.3, 0.4) is 0 Å². The van der Waals surface area contributed by atoms with Crippen LogP contribution >= 0.6 is 0 Å². The first-order valence-electron chi connectivity index (χ1n) is 6.83. The van der Waals surface area contributed by atoms with E-state index in [0.717, 1.165) is 32.6 Å². The number of nitrogens with zero attached hydrogens (tertiary/aromatic N) is 3. The summed E-state index contributed by atoms with van der Waals surface area (Å²) in [6.45, 7) is 7.20. The fourth-order valence-electron chi connectivity index (χ4n) is 2.25. The summed E-state index contributed by atoms with van der Waals surface area (Å²) in [6.07, 6.45) is 2.27. The van der Waals surface area contributed by atoms with Gasteiger partial charge in [0.1, 0.15) is 0 Å². The van der Waals surface area contributed by atoms with E-state index in [1.165, 1.54) is 0 Å². The molecule has 2 N–H and O–H groups in total. The minimum atomic E-state index is -0.555. The highest BCUT2D eigenvalue weighted by atomic mass is 16.5. The quantitative estimate of drug-likeness (QED) is 0.862. The highest BCUT2D eigenvalue weighted by Crippen LogP contribution is 2.17. The molecule has 1 aromatic heterocycles. The van der Waals surface area contributed by atoms with Crippen molar-refractivity contribution in [2.24, 2.45) is 11.7 Å². The molecule has 1 saturated heterocycles. The molecule has 0 aliphatic carbocycles. The van der Waals surface area contributed by atoms with Gasteiger partial charge >= 0.3 is 0 Å². The van der Waals surface area contributed by atoms with Crippen LogP contribution in [0, 0.1) is 5.92 Å². The van der Waals surface area contributed by atoms with Crippen LogP contribution in [0.1, 0.15) is 38.4 Å². The Hall–Kier alpha value is -0.980. The third-order valence-corrected chi connectivity index (χ3v) is 3.36. The van der Waals surface area contributed by atoms with E-state index < -0.39 is 5.54 Å². The van der Waals surface area contributed by atoms with Crippen molar-refractivity contribution >= 4 is 0 Å². The lowest BCUT2D eigenvalue weighted by Gasteiger charge is -2.26. The second-order valence-electron chi connectivity index (χ2n) is 5.99. The first-order valence-corrected chi connectivity index (χ1v) is 6.83. The fourth-order valence-corrected chi connectivity index (χ4v) is 2.25. The topological polar surface area (TPSA) is 77.4 Å². The zero-order valence-electron chi connectivity index (χ0n) is 12.1. The Balaban J connectivity index is 1.84. The molecule has 2 heterocycles. The smallest absolute Gasteiger partial charge is 0.240 e. The van der Waals surface area contributed by atoms with Crippen LogP contribution in [0.15, 0.2) is 4.52 Å². The number of rotatable bonds is 5. The fraction of sp³-hybridized carbons (Fsp3) is 0.846. The molecule has 0 saturated carbocycles. The third kappa shape index (κ3) is 4.26. The van der Waals surface area contributed by atoms with Gasteiger partial charge in [0.05, 0.1) is 12.1 Å². The van der Waals surface area contributed by atoms with E-state index in [1.54, 1.807) is 0 Å². The normalized spacial score (nSPS) is 18.2. The molecule has 19 heavy (non-hydrogen) atoms. The second kappa shape index (κ2) is 5.98. The molecule has 0 atom stereocenters. The minimum Gasteiger partial charge on any atom is -0.381 e. The average molecular weight is 268 g/mol. The molecule has 1 aliphatic rings. The van der Waals surface area contributed by atoms with Crippen molar-refractivity contribution in [1.29, 1.82) is 0 Å². The lowest BCUT2D eigenvalue weighted by atomic mass is 10.00. The highest BCUT2D eigenvalue weighted by molar-refractivity contribution is 4.98. The maximum Gasteiger partial charge on any atom is 0.240 e. The molecule has 1 aliphatic heterocycles. The lowest BCUT2D eigenvalue weighted by Crippen LogP contribution is -2.31. The molecule has 2 rings (SSSR count). The maximum absolute atomic E-state index is 5.94. The molecule has 0 unspecified atom stereocenters. The van der Waals surface area contributed by atoms with Crippen LogP contribution in [0.2, 0.25) is 0 Å². The van der Waals surface area contributed by atoms with Gasteiger partial charge in [-0.05, 0) is 39.7 Å². The number of nitrogens with two attached hydrogens (primary N) is 1. The molecule has 108 valence electrons. The Morgan fingerprint density at radius 2 is 2.05 bits per heavy atom. The Kier molecular flexibility index (Phi) is 4.54. The standard InChI is InChI=1S/C13H24N4O2/c1-13(2,14)12-15-11(19-16-12)9-17(3)8-10-4-6-18-7-5-10/h10H,4-9,14H2,1-3H3. The summed E-state index contributed by atoms with van der Waals surface area (Å²) >= 11 is 0. The molecule has 1 aromatic rings. The number of hydrogen-bond acceptors (Lipinski definition) is 6. The summed E-state index contributed by atoms with van der Waals surface area (Å²) in [5, 5.41) is 3.93. The van der Waals surface area contributed by atoms with E-state index in [9.17, 15) is 0 Å². The molecular weight excluding hydrogens is 244 g/mol. The van der Waals surface area contributed by atoms with Gasteiger partial charge in [0.2, 0.25) is 5.89 Å². The van der Waals surface area contributed by atoms with Crippen LogP contribution in [0.5, 0.6) is 0 Å². The van der Waals surface area contributed by atoms with Gasteiger partial charge < -0.3 is 15.0 Å². The van der Waals surface area contributed by atoms with Crippen LogP contribution in [0.25, 0.3) is 0 Å². The monoisotopic (exact) mass is 268 g/mol. The minimum absolute atomic E-state index is 0.555. The highest BCUT2D eigenvalue weighted by Gasteiger charge is 2.22. The number of ether oxygens (including phenoxy) is 1. The number of hydrogen-bond donors (Lipinski definition) is 1. The zero-order valence-corrected chi connectivity index (χ0v) is 12.1. The van der Waals surface area contributed by atoms with Crippen molar-refractivity contribution in [3.8, 4) is 0 Å². The predicted octanol–water partition coefficient (Wildman–Crippen LogP) is 1.12. The summed E-state index contributed by atoms with van der Waals surface area (Å²) in [7, 11) is 2.08. The van der Waals surface area contributed by atoms with Gasteiger partial charge in [-0.1, -0.05) is 5.16 Å². The van der Waals surface area contributed by atoms with Crippen LogP contribution in [-0.2, 0) is 16.8 Å². The van der Waals surface area contributed by atoms with E-state index in [-0.39, 0.29) is 0 Å². The average Bonchev–Trinajstić information content (AvgIpc) is 2.78. The number of aromatic nitrogens is 2. The molecule has 6 nitrogen and oxygen atoms in total. The van der Waals surface area contributed by atoms with Crippen molar-refractivity contribution in [1.82, 2.24) is 15.0 Å². The van der Waals surface area contributed by atoms with Crippen molar-refractivity contribution < 1.29 is 9.26 Å². The summed E-state index contributed by atoms with van der Waals surface area (Å²) in [4.78, 5) is 6.56. The molecule has 6 heteroatoms. The van der Waals surface area contributed by atoms with Gasteiger partial charge in [-0.25, -0.2) is 0 Å². The Morgan fingerprint density at radius 1 is 1.37 bits per heavy atom. The Bertz CT molecular complexity index is 394. The Labute approximate surface area is 114 Å². The third-order valence-electron chi connectivity index (χ3n) is 3.36. The van der Waals surface area contributed by atoms with Crippen molar-refractivity contribution in [2.45, 2.75) is 38.8 Å². The molecule has 0 spiro atoms. The van der Waals surface area contributed by atoms with Crippen molar-refractivity contribution in [3.05, 3.63) is 11.7 Å². The van der Waals surface area contributed by atoms with Gasteiger partial charge in [0, 0.05) is 19.8 Å². The Morgan fingerprint density at radius 3 is 2.63 bits per heavy atom. The van der Waals surface area contributed by atoms with Gasteiger partial charge in [-0.3, -0.25) is 4.90 Å². The van der Waals surface area contributed by atoms with E-state index >= 15 is 0 Å².